The van der Waals surface area contributed by atoms with Crippen molar-refractivity contribution in [1.82, 2.24) is 0 Å². The molecule has 4 aliphatic carbocycles. The van der Waals surface area contributed by atoms with Crippen molar-refractivity contribution in [3.63, 3.8) is 0 Å². The second kappa shape index (κ2) is 23.5. The minimum Gasteiger partial charge on any atom is -0.394 e. The highest BCUT2D eigenvalue weighted by molar-refractivity contribution is 5.20. The molecule has 4 heterocycles. The van der Waals surface area contributed by atoms with Crippen molar-refractivity contribution in [1.29, 1.82) is 0 Å². The standard InChI is InChI=1S/C54H92O23/c1-23(2)10-9-14-54(8,77-48-44(69)40(65)42(67)46(76-48)70-22-29-37(62)38(63)34(59)26(19-55)71-29)24-11-16-53(7)33(24)25(58)18-31-51(5)15-13-32(50(3,4)30(51)12-17-52(31,53)6)74-49-45(41(66)36(61)28(21-57)73-49)75-47-43(68)39(64)35(60)27(20-56)72-47/h10,24-49,55-69H,9,11-22H2,1-8H3/t24-,25+,26?,27?,28?,29-,30-,31+,32-,33-,34+,35+,36+,37?,38+,39+,40+,41+,42-,43?,44?,45?,46?,47-,48-,49-,51-,52+,53+,54-/m0/s1. The van der Waals surface area contributed by atoms with E-state index in [1.165, 1.54) is 0 Å². The molecular formula is C54H92O23. The quantitative estimate of drug-likeness (QED) is 0.0576. The van der Waals surface area contributed by atoms with Crippen LogP contribution in [0.25, 0.3) is 0 Å². The molecule has 15 N–H and O–H groups in total. The van der Waals surface area contributed by atoms with E-state index in [4.69, 9.17) is 37.9 Å². The number of allylic oxidation sites excluding steroid dienone is 2. The fraction of sp³-hybridized carbons (Fsp3) is 0.963. The monoisotopic (exact) mass is 1110 g/mol. The van der Waals surface area contributed by atoms with Crippen LogP contribution in [0.2, 0.25) is 0 Å². The van der Waals surface area contributed by atoms with Crippen LogP contribution in [0.4, 0.5) is 0 Å². The van der Waals surface area contributed by atoms with Crippen LogP contribution in [0.15, 0.2) is 11.6 Å². The van der Waals surface area contributed by atoms with Crippen molar-refractivity contribution in [2.24, 2.45) is 45.3 Å². The molecule has 23 nitrogen and oxygen atoms in total. The topological polar surface area (TPSA) is 377 Å². The summed E-state index contributed by atoms with van der Waals surface area (Å²) in [6, 6.07) is 0. The Hall–Kier alpha value is -1.18. The lowest BCUT2D eigenvalue weighted by molar-refractivity contribution is -0.379. The van der Waals surface area contributed by atoms with Crippen LogP contribution >= 0.6 is 0 Å². The van der Waals surface area contributed by atoms with E-state index in [9.17, 15) is 76.6 Å². The number of fused-ring (bicyclic) bond motifs is 5. The molecular weight excluding hydrogens is 1020 g/mol. The van der Waals surface area contributed by atoms with E-state index in [0.29, 0.717) is 38.5 Å². The highest BCUT2D eigenvalue weighted by Gasteiger charge is 2.72. The zero-order chi connectivity index (χ0) is 56.6. The van der Waals surface area contributed by atoms with Gasteiger partial charge in [-0.05, 0) is 124 Å². The molecule has 4 saturated carbocycles. The predicted molar refractivity (Wildman–Crippen MR) is 266 cm³/mol. The molecule has 8 rings (SSSR count). The maximum absolute atomic E-state index is 12.8. The number of aliphatic hydroxyl groups is 15. The molecule has 0 radical (unpaired) electrons. The fourth-order valence-corrected chi connectivity index (χ4v) is 16.3. The highest BCUT2D eigenvalue weighted by Crippen LogP contribution is 2.76. The van der Waals surface area contributed by atoms with Crippen molar-refractivity contribution in [2.75, 3.05) is 26.4 Å². The number of hydrogen-bond acceptors (Lipinski definition) is 23. The van der Waals surface area contributed by atoms with Gasteiger partial charge in [0.05, 0.1) is 44.2 Å². The first-order valence-corrected chi connectivity index (χ1v) is 27.9. The average molecular weight is 1110 g/mol. The lowest BCUT2D eigenvalue weighted by Gasteiger charge is -2.71. The molecule has 8 aliphatic rings. The van der Waals surface area contributed by atoms with Gasteiger partial charge in [-0.3, -0.25) is 0 Å². The van der Waals surface area contributed by atoms with Gasteiger partial charge in [-0.25, -0.2) is 0 Å². The van der Waals surface area contributed by atoms with E-state index in [0.717, 1.165) is 24.8 Å². The van der Waals surface area contributed by atoms with Crippen molar-refractivity contribution in [2.45, 2.75) is 254 Å². The largest absolute Gasteiger partial charge is 0.394 e. The van der Waals surface area contributed by atoms with Gasteiger partial charge in [0.1, 0.15) is 97.7 Å². The summed E-state index contributed by atoms with van der Waals surface area (Å²) in [6.45, 7) is 14.6. The van der Waals surface area contributed by atoms with Crippen molar-refractivity contribution in [3.05, 3.63) is 11.6 Å². The van der Waals surface area contributed by atoms with E-state index < -0.39 is 178 Å². The van der Waals surface area contributed by atoms with Crippen molar-refractivity contribution >= 4 is 0 Å². The molecule has 4 aliphatic heterocycles. The van der Waals surface area contributed by atoms with E-state index in [-0.39, 0.29) is 34.5 Å². The second-order valence-electron chi connectivity index (χ2n) is 25.7. The van der Waals surface area contributed by atoms with Gasteiger partial charge in [-0.1, -0.05) is 46.3 Å². The summed E-state index contributed by atoms with van der Waals surface area (Å²) in [5.74, 6) is -0.495. The number of rotatable bonds is 16. The summed E-state index contributed by atoms with van der Waals surface area (Å²) in [5.41, 5.74) is -1.62. The van der Waals surface area contributed by atoms with Gasteiger partial charge in [-0.15, -0.1) is 0 Å². The second-order valence-corrected chi connectivity index (χ2v) is 25.7. The van der Waals surface area contributed by atoms with Gasteiger partial charge in [0.25, 0.3) is 0 Å². The van der Waals surface area contributed by atoms with Gasteiger partial charge < -0.3 is 114 Å². The number of hydrogen-bond donors (Lipinski definition) is 15. The van der Waals surface area contributed by atoms with Gasteiger partial charge in [0.15, 0.2) is 25.2 Å². The first kappa shape index (κ1) is 61.9. The first-order chi connectivity index (χ1) is 36.0. The van der Waals surface area contributed by atoms with Crippen LogP contribution in [0.1, 0.15) is 113 Å². The summed E-state index contributed by atoms with van der Waals surface area (Å²) in [6.07, 6.45) is -25.2. The summed E-state index contributed by atoms with van der Waals surface area (Å²) < 4.78 is 49.0. The van der Waals surface area contributed by atoms with E-state index in [1.54, 1.807) is 0 Å². The van der Waals surface area contributed by atoms with Crippen LogP contribution in [-0.4, -0.2) is 244 Å². The Morgan fingerprint density at radius 2 is 1.08 bits per heavy atom. The fourth-order valence-electron chi connectivity index (χ4n) is 16.3. The van der Waals surface area contributed by atoms with Gasteiger partial charge in [-0.2, -0.15) is 0 Å². The molecule has 0 aromatic heterocycles. The highest BCUT2D eigenvalue weighted by atomic mass is 16.8. The molecule has 8 fully saturated rings. The normalized spacial score (nSPS) is 52.7. The molecule has 77 heavy (non-hydrogen) atoms. The van der Waals surface area contributed by atoms with E-state index >= 15 is 0 Å². The number of ether oxygens (including phenoxy) is 8. The lowest BCUT2D eigenvalue weighted by Crippen LogP contribution is -2.68. The molecule has 23 heteroatoms. The van der Waals surface area contributed by atoms with Crippen LogP contribution in [0.5, 0.6) is 0 Å². The zero-order valence-electron chi connectivity index (χ0n) is 45.8. The Labute approximate surface area is 450 Å². The maximum atomic E-state index is 12.8. The third kappa shape index (κ3) is 10.9. The summed E-state index contributed by atoms with van der Waals surface area (Å²) >= 11 is 0. The van der Waals surface area contributed by atoms with Gasteiger partial charge >= 0.3 is 0 Å². The van der Waals surface area contributed by atoms with Gasteiger partial charge in [0.2, 0.25) is 0 Å². The summed E-state index contributed by atoms with van der Waals surface area (Å²) in [5, 5.41) is 162. The Kier molecular flexibility index (Phi) is 18.9. The first-order valence-electron chi connectivity index (χ1n) is 27.9. The molecule has 0 aromatic rings. The third-order valence-corrected chi connectivity index (χ3v) is 20.9. The molecule has 0 aromatic carbocycles. The Bertz CT molecular complexity index is 1990. The lowest BCUT2D eigenvalue weighted by atomic mass is 9.35. The molecule has 446 valence electrons. The Balaban J connectivity index is 1.01. The molecule has 0 bridgehead atoms. The van der Waals surface area contributed by atoms with Crippen LogP contribution < -0.4 is 0 Å². The summed E-state index contributed by atoms with van der Waals surface area (Å²) in [4.78, 5) is 0. The van der Waals surface area contributed by atoms with E-state index in [1.807, 2.05) is 20.8 Å². The molecule has 30 atom stereocenters. The number of aliphatic hydroxyl groups excluding tert-OH is 15. The van der Waals surface area contributed by atoms with Crippen molar-refractivity contribution < 1.29 is 114 Å². The zero-order valence-corrected chi connectivity index (χ0v) is 45.8. The van der Waals surface area contributed by atoms with Gasteiger partial charge in [0, 0.05) is 0 Å². The molecule has 0 amide bonds. The molecule has 0 spiro atoms. The van der Waals surface area contributed by atoms with Crippen LogP contribution in [-0.2, 0) is 37.9 Å². The van der Waals surface area contributed by atoms with Crippen LogP contribution in [0, 0.1) is 45.3 Å². The minimum absolute atomic E-state index is 0.0347. The summed E-state index contributed by atoms with van der Waals surface area (Å²) in [7, 11) is 0. The Morgan fingerprint density at radius 1 is 0.545 bits per heavy atom. The minimum atomic E-state index is -1.82. The van der Waals surface area contributed by atoms with Crippen LogP contribution in [0.3, 0.4) is 0 Å². The third-order valence-electron chi connectivity index (χ3n) is 20.9. The maximum Gasteiger partial charge on any atom is 0.189 e. The molecule has 4 saturated heterocycles. The predicted octanol–water partition coefficient (Wildman–Crippen LogP) is -2.20. The average Bonchev–Trinajstić information content (AvgIpc) is 3.96. The molecule has 8 unspecified atom stereocenters. The van der Waals surface area contributed by atoms with E-state index in [2.05, 4.69) is 40.7 Å². The SMILES string of the molecule is CC(C)=CCC[C@](C)(O[C@@H]1OC(OC[C@@H]2OC(CO)[C@@H](O)[C@@H](O)C2O)[C@@H](O)[C@@H](O)C1O)[C@H]1CC[C@]2(C)[C@@H]1[C@H](O)C[C@@H]1[C@@]3(C)CC[C@H](O[C@@H]4OC(CO)[C@@H](O)[C@@H](O)C4O[C@@H]4OC(CO)[C@@H](O)[C@@H](O)C4O)C(C)(C)[C@@H]3CC[C@]12C. The van der Waals surface area contributed by atoms with Crippen molar-refractivity contribution in [3.8, 4) is 0 Å². The Morgan fingerprint density at radius 3 is 1.70 bits per heavy atom. The smallest absolute Gasteiger partial charge is 0.189 e.